The van der Waals surface area contributed by atoms with Crippen molar-refractivity contribution < 1.29 is 4.39 Å². The minimum atomic E-state index is -0.306. The summed E-state index contributed by atoms with van der Waals surface area (Å²) >= 11 is 7.38. The molecule has 0 saturated carbocycles. The monoisotopic (exact) mass is 271 g/mol. The molecule has 0 fully saturated rings. The predicted molar refractivity (Wildman–Crippen MR) is 67.0 cm³/mol. The summed E-state index contributed by atoms with van der Waals surface area (Å²) in [5.74, 6) is -0.306. The number of halogens is 2. The molecule has 1 heterocycles. The number of hydrogen-bond acceptors (Lipinski definition) is 4. The molecule has 0 bridgehead atoms. The SMILES string of the molecule is CNC(c1cc(F)ccc1Cl)c1snnc1C. The lowest BCUT2D eigenvalue weighted by Gasteiger charge is -2.16. The Morgan fingerprint density at radius 1 is 1.47 bits per heavy atom. The summed E-state index contributed by atoms with van der Waals surface area (Å²) in [4.78, 5) is 0.944. The van der Waals surface area contributed by atoms with Crippen molar-refractivity contribution in [3.05, 3.63) is 45.2 Å². The number of rotatable bonds is 3. The minimum Gasteiger partial charge on any atom is -0.309 e. The maximum atomic E-state index is 13.3. The molecule has 1 aromatic heterocycles. The fourth-order valence-corrected chi connectivity index (χ4v) is 2.67. The molecule has 0 aliphatic heterocycles. The molecule has 1 aromatic carbocycles. The Kier molecular flexibility index (Phi) is 3.71. The van der Waals surface area contributed by atoms with E-state index in [1.54, 1.807) is 13.1 Å². The summed E-state index contributed by atoms with van der Waals surface area (Å²) in [7, 11) is 1.80. The van der Waals surface area contributed by atoms with Crippen molar-refractivity contribution in [1.29, 1.82) is 0 Å². The summed E-state index contributed by atoms with van der Waals surface area (Å²) < 4.78 is 17.2. The van der Waals surface area contributed by atoms with Crippen molar-refractivity contribution >= 4 is 23.1 Å². The van der Waals surface area contributed by atoms with Crippen molar-refractivity contribution in [3.8, 4) is 0 Å². The highest BCUT2D eigenvalue weighted by Crippen LogP contribution is 2.31. The standard InChI is InChI=1S/C11H11ClFN3S/c1-6-11(17-16-15-6)10(14-2)8-5-7(13)3-4-9(8)12/h3-5,10,14H,1-2H3. The second-order valence-corrected chi connectivity index (χ2v) is 4.80. The molecule has 0 saturated heterocycles. The van der Waals surface area contributed by atoms with Gasteiger partial charge < -0.3 is 5.32 Å². The molecule has 0 amide bonds. The van der Waals surface area contributed by atoms with E-state index in [4.69, 9.17) is 11.6 Å². The quantitative estimate of drug-likeness (QED) is 0.933. The van der Waals surface area contributed by atoms with Gasteiger partial charge in [0, 0.05) is 5.02 Å². The van der Waals surface area contributed by atoms with Crippen LogP contribution in [0, 0.1) is 12.7 Å². The van der Waals surface area contributed by atoms with Crippen LogP contribution in [0.15, 0.2) is 18.2 Å². The Bertz CT molecular complexity index is 529. The van der Waals surface area contributed by atoms with Crippen LogP contribution in [0.25, 0.3) is 0 Å². The van der Waals surface area contributed by atoms with Gasteiger partial charge in [-0.15, -0.1) is 5.10 Å². The molecule has 0 spiro atoms. The zero-order chi connectivity index (χ0) is 12.4. The summed E-state index contributed by atoms with van der Waals surface area (Å²) in [6.07, 6.45) is 0. The van der Waals surface area contributed by atoms with E-state index in [1.807, 2.05) is 6.92 Å². The van der Waals surface area contributed by atoms with Crippen molar-refractivity contribution in [1.82, 2.24) is 14.9 Å². The van der Waals surface area contributed by atoms with Gasteiger partial charge in [-0.3, -0.25) is 0 Å². The average molecular weight is 272 g/mol. The van der Waals surface area contributed by atoms with Crippen LogP contribution in [0.2, 0.25) is 5.02 Å². The maximum absolute atomic E-state index is 13.3. The van der Waals surface area contributed by atoms with Gasteiger partial charge in [-0.05, 0) is 49.3 Å². The van der Waals surface area contributed by atoms with Gasteiger partial charge in [-0.25, -0.2) is 4.39 Å². The predicted octanol–water partition coefficient (Wildman–Crippen LogP) is 2.95. The molecular weight excluding hydrogens is 261 g/mol. The van der Waals surface area contributed by atoms with Crippen molar-refractivity contribution in [2.75, 3.05) is 7.05 Å². The van der Waals surface area contributed by atoms with Crippen LogP contribution >= 0.6 is 23.1 Å². The van der Waals surface area contributed by atoms with Gasteiger partial charge in [-0.2, -0.15) is 0 Å². The molecule has 1 unspecified atom stereocenters. The van der Waals surface area contributed by atoms with Gasteiger partial charge >= 0.3 is 0 Å². The van der Waals surface area contributed by atoms with Crippen molar-refractivity contribution in [2.24, 2.45) is 0 Å². The molecule has 90 valence electrons. The Hall–Kier alpha value is -1.04. The first-order valence-corrected chi connectivity index (χ1v) is 6.19. The van der Waals surface area contributed by atoms with E-state index in [1.165, 1.54) is 23.7 Å². The molecule has 0 aliphatic rings. The average Bonchev–Trinajstić information content (AvgIpc) is 2.71. The van der Waals surface area contributed by atoms with Crippen LogP contribution in [-0.2, 0) is 0 Å². The second kappa shape index (κ2) is 5.08. The molecule has 6 heteroatoms. The van der Waals surface area contributed by atoms with E-state index in [0.29, 0.717) is 10.6 Å². The first-order chi connectivity index (χ1) is 8.13. The lowest BCUT2D eigenvalue weighted by Crippen LogP contribution is -2.18. The zero-order valence-corrected chi connectivity index (χ0v) is 10.9. The maximum Gasteiger partial charge on any atom is 0.123 e. The molecule has 2 aromatic rings. The number of hydrogen-bond donors (Lipinski definition) is 1. The van der Waals surface area contributed by atoms with E-state index >= 15 is 0 Å². The van der Waals surface area contributed by atoms with Gasteiger partial charge in [0.2, 0.25) is 0 Å². The minimum absolute atomic E-state index is 0.182. The Balaban J connectivity index is 2.49. The number of aromatic nitrogens is 2. The first kappa shape index (κ1) is 12.4. The third kappa shape index (κ3) is 2.46. The van der Waals surface area contributed by atoms with E-state index in [-0.39, 0.29) is 11.9 Å². The number of nitrogens with zero attached hydrogens (tertiary/aromatic N) is 2. The highest BCUT2D eigenvalue weighted by atomic mass is 35.5. The first-order valence-electron chi connectivity index (χ1n) is 5.04. The normalized spacial score (nSPS) is 12.7. The molecule has 0 aliphatic carbocycles. The summed E-state index contributed by atoms with van der Waals surface area (Å²) in [6.45, 7) is 1.87. The van der Waals surface area contributed by atoms with Crippen LogP contribution in [0.5, 0.6) is 0 Å². The lowest BCUT2D eigenvalue weighted by molar-refractivity contribution is 0.617. The molecule has 1 N–H and O–H groups in total. The number of aryl methyl sites for hydroxylation is 1. The highest BCUT2D eigenvalue weighted by molar-refractivity contribution is 7.05. The number of nitrogens with one attached hydrogen (secondary N) is 1. The number of benzene rings is 1. The summed E-state index contributed by atoms with van der Waals surface area (Å²) in [5.41, 5.74) is 1.53. The Morgan fingerprint density at radius 3 is 2.82 bits per heavy atom. The summed E-state index contributed by atoms with van der Waals surface area (Å²) in [6, 6.07) is 4.15. The Labute approximate surface area is 108 Å². The lowest BCUT2D eigenvalue weighted by atomic mass is 10.0. The van der Waals surface area contributed by atoms with Gasteiger partial charge in [-0.1, -0.05) is 16.1 Å². The van der Waals surface area contributed by atoms with Gasteiger partial charge in [0.05, 0.1) is 16.6 Å². The summed E-state index contributed by atoms with van der Waals surface area (Å²) in [5, 5.41) is 7.59. The molecule has 0 radical (unpaired) electrons. The van der Waals surface area contributed by atoms with Crippen molar-refractivity contribution in [3.63, 3.8) is 0 Å². The molecule has 3 nitrogen and oxygen atoms in total. The fraction of sp³-hybridized carbons (Fsp3) is 0.273. The molecule has 2 rings (SSSR count). The Morgan fingerprint density at radius 2 is 2.24 bits per heavy atom. The van der Waals surface area contributed by atoms with Gasteiger partial charge in [0.15, 0.2) is 0 Å². The van der Waals surface area contributed by atoms with Crippen LogP contribution in [0.4, 0.5) is 4.39 Å². The topological polar surface area (TPSA) is 37.8 Å². The van der Waals surface area contributed by atoms with E-state index in [9.17, 15) is 4.39 Å². The molecular formula is C11H11ClFN3S. The van der Waals surface area contributed by atoms with Gasteiger partial charge in [0.25, 0.3) is 0 Å². The largest absolute Gasteiger partial charge is 0.309 e. The zero-order valence-electron chi connectivity index (χ0n) is 9.37. The smallest absolute Gasteiger partial charge is 0.123 e. The van der Waals surface area contributed by atoms with E-state index < -0.39 is 0 Å². The van der Waals surface area contributed by atoms with E-state index in [0.717, 1.165) is 10.6 Å². The van der Waals surface area contributed by atoms with Gasteiger partial charge in [0.1, 0.15) is 5.82 Å². The van der Waals surface area contributed by atoms with E-state index in [2.05, 4.69) is 14.9 Å². The molecule has 1 atom stereocenters. The highest BCUT2D eigenvalue weighted by Gasteiger charge is 2.20. The fourth-order valence-electron chi connectivity index (χ4n) is 1.67. The third-order valence-corrected chi connectivity index (χ3v) is 3.74. The van der Waals surface area contributed by atoms with Crippen LogP contribution < -0.4 is 5.32 Å². The van der Waals surface area contributed by atoms with Crippen LogP contribution in [-0.4, -0.2) is 16.6 Å². The van der Waals surface area contributed by atoms with Crippen molar-refractivity contribution in [2.45, 2.75) is 13.0 Å². The molecule has 17 heavy (non-hydrogen) atoms. The third-order valence-electron chi connectivity index (χ3n) is 2.51. The van der Waals surface area contributed by atoms with Crippen LogP contribution in [0.3, 0.4) is 0 Å². The second-order valence-electron chi connectivity index (χ2n) is 3.61. The van der Waals surface area contributed by atoms with Crippen LogP contribution in [0.1, 0.15) is 22.2 Å².